The Balaban J connectivity index is 1.66. The van der Waals surface area contributed by atoms with Crippen LogP contribution < -0.4 is 5.32 Å². The topological polar surface area (TPSA) is 66.4 Å². The first-order valence-electron chi connectivity index (χ1n) is 8.74. The Kier molecular flexibility index (Phi) is 5.49. The molecule has 0 aliphatic heterocycles. The maximum Gasteiger partial charge on any atom is 0.307 e. The predicted octanol–water partition coefficient (Wildman–Crippen LogP) is 3.24. The number of hydrogen-bond acceptors (Lipinski definition) is 2. The fourth-order valence-corrected chi connectivity index (χ4v) is 3.40. The molecule has 25 heavy (non-hydrogen) atoms. The van der Waals surface area contributed by atoms with Crippen LogP contribution in [0.4, 0.5) is 0 Å². The standard InChI is InChI=1S/C21H23NO3/c23-20(18-11-12-19(18)21(24)25)22-14-17(16-9-5-2-6-10-16)13-15-7-3-1-4-8-15/h1-10,17-19H,11-14H2,(H,22,23)(H,24,25). The highest BCUT2D eigenvalue weighted by molar-refractivity contribution is 5.86. The highest BCUT2D eigenvalue weighted by atomic mass is 16.4. The van der Waals surface area contributed by atoms with Gasteiger partial charge < -0.3 is 10.4 Å². The Labute approximate surface area is 147 Å². The second kappa shape index (κ2) is 7.97. The molecule has 2 aromatic carbocycles. The molecule has 0 radical (unpaired) electrons. The minimum Gasteiger partial charge on any atom is -0.481 e. The summed E-state index contributed by atoms with van der Waals surface area (Å²) >= 11 is 0. The second-order valence-electron chi connectivity index (χ2n) is 6.67. The number of carboxylic acid groups (broad SMARTS) is 1. The minimum atomic E-state index is -0.865. The summed E-state index contributed by atoms with van der Waals surface area (Å²) in [7, 11) is 0. The van der Waals surface area contributed by atoms with E-state index in [-0.39, 0.29) is 17.7 Å². The number of carbonyl (C=O) groups excluding carboxylic acids is 1. The SMILES string of the molecule is O=C(O)C1CCC1C(=O)NCC(Cc1ccccc1)c1ccccc1. The van der Waals surface area contributed by atoms with Gasteiger partial charge in [0.1, 0.15) is 0 Å². The number of carbonyl (C=O) groups is 2. The zero-order chi connectivity index (χ0) is 17.6. The molecule has 1 aliphatic rings. The summed E-state index contributed by atoms with van der Waals surface area (Å²) < 4.78 is 0. The Bertz CT molecular complexity index is 714. The van der Waals surface area contributed by atoms with Crippen LogP contribution in [0.15, 0.2) is 60.7 Å². The lowest BCUT2D eigenvalue weighted by molar-refractivity contribution is -0.152. The van der Waals surface area contributed by atoms with Crippen LogP contribution in [0.1, 0.15) is 29.9 Å². The van der Waals surface area contributed by atoms with Gasteiger partial charge in [0.05, 0.1) is 11.8 Å². The summed E-state index contributed by atoms with van der Waals surface area (Å²) in [5.41, 5.74) is 2.40. The molecule has 2 N–H and O–H groups in total. The summed E-state index contributed by atoms with van der Waals surface area (Å²) in [6.07, 6.45) is 2.09. The molecule has 3 rings (SSSR count). The van der Waals surface area contributed by atoms with Crippen LogP contribution in [0.3, 0.4) is 0 Å². The third kappa shape index (κ3) is 4.27. The van der Waals surface area contributed by atoms with Crippen LogP contribution in [-0.4, -0.2) is 23.5 Å². The highest BCUT2D eigenvalue weighted by Crippen LogP contribution is 2.34. The van der Waals surface area contributed by atoms with Gasteiger partial charge in [-0.3, -0.25) is 9.59 Å². The summed E-state index contributed by atoms with van der Waals surface area (Å²) in [5.74, 6) is -1.74. The Morgan fingerprint density at radius 2 is 1.56 bits per heavy atom. The molecule has 2 aromatic rings. The largest absolute Gasteiger partial charge is 0.481 e. The van der Waals surface area contributed by atoms with Crippen molar-refractivity contribution in [2.24, 2.45) is 11.8 Å². The smallest absolute Gasteiger partial charge is 0.307 e. The molecule has 3 atom stereocenters. The maximum absolute atomic E-state index is 12.4. The molecule has 1 aliphatic carbocycles. The zero-order valence-electron chi connectivity index (χ0n) is 14.1. The van der Waals surface area contributed by atoms with Crippen LogP contribution in [0.25, 0.3) is 0 Å². The van der Waals surface area contributed by atoms with Crippen LogP contribution in [0.2, 0.25) is 0 Å². The number of benzene rings is 2. The van der Waals surface area contributed by atoms with E-state index < -0.39 is 11.9 Å². The first kappa shape index (κ1) is 17.2. The molecule has 4 nitrogen and oxygen atoms in total. The molecular formula is C21H23NO3. The zero-order valence-corrected chi connectivity index (χ0v) is 14.1. The van der Waals surface area contributed by atoms with Crippen molar-refractivity contribution in [3.05, 3.63) is 71.8 Å². The van der Waals surface area contributed by atoms with Crippen molar-refractivity contribution < 1.29 is 14.7 Å². The highest BCUT2D eigenvalue weighted by Gasteiger charge is 2.41. The van der Waals surface area contributed by atoms with Crippen molar-refractivity contribution >= 4 is 11.9 Å². The lowest BCUT2D eigenvalue weighted by atomic mass is 9.73. The fraction of sp³-hybridized carbons (Fsp3) is 0.333. The van der Waals surface area contributed by atoms with E-state index in [1.165, 1.54) is 11.1 Å². The number of hydrogen-bond donors (Lipinski definition) is 2. The van der Waals surface area contributed by atoms with Gasteiger partial charge in [0.15, 0.2) is 0 Å². The fourth-order valence-electron chi connectivity index (χ4n) is 3.40. The first-order chi connectivity index (χ1) is 12.1. The molecule has 4 heteroatoms. The monoisotopic (exact) mass is 337 g/mol. The maximum atomic E-state index is 12.4. The third-order valence-corrected chi connectivity index (χ3v) is 5.05. The van der Waals surface area contributed by atoms with E-state index in [0.29, 0.717) is 19.4 Å². The van der Waals surface area contributed by atoms with Gasteiger partial charge in [0.25, 0.3) is 0 Å². The van der Waals surface area contributed by atoms with Gasteiger partial charge in [0.2, 0.25) is 5.91 Å². The van der Waals surface area contributed by atoms with Crippen molar-refractivity contribution in [3.8, 4) is 0 Å². The van der Waals surface area contributed by atoms with Gasteiger partial charge in [0, 0.05) is 12.5 Å². The van der Waals surface area contributed by atoms with Crippen LogP contribution in [0.5, 0.6) is 0 Å². The first-order valence-corrected chi connectivity index (χ1v) is 8.74. The lowest BCUT2D eigenvalue weighted by Gasteiger charge is -2.32. The molecule has 130 valence electrons. The summed E-state index contributed by atoms with van der Waals surface area (Å²) in [6, 6.07) is 20.3. The van der Waals surface area contributed by atoms with Gasteiger partial charge in [-0.2, -0.15) is 0 Å². The van der Waals surface area contributed by atoms with Crippen molar-refractivity contribution in [1.82, 2.24) is 5.32 Å². The van der Waals surface area contributed by atoms with Gasteiger partial charge in [-0.15, -0.1) is 0 Å². The molecule has 3 unspecified atom stereocenters. The minimum absolute atomic E-state index is 0.132. The number of nitrogens with one attached hydrogen (secondary N) is 1. The quantitative estimate of drug-likeness (QED) is 0.815. The Morgan fingerprint density at radius 3 is 2.12 bits per heavy atom. The van der Waals surface area contributed by atoms with E-state index in [1.807, 2.05) is 36.4 Å². The molecule has 0 heterocycles. The number of carboxylic acids is 1. The average molecular weight is 337 g/mol. The van der Waals surface area contributed by atoms with Crippen LogP contribution >= 0.6 is 0 Å². The van der Waals surface area contributed by atoms with E-state index in [2.05, 4.69) is 29.6 Å². The number of aliphatic carboxylic acids is 1. The third-order valence-electron chi connectivity index (χ3n) is 5.05. The van der Waals surface area contributed by atoms with E-state index in [1.54, 1.807) is 0 Å². The van der Waals surface area contributed by atoms with E-state index in [4.69, 9.17) is 5.11 Å². The molecule has 1 fully saturated rings. The van der Waals surface area contributed by atoms with Crippen molar-refractivity contribution in [2.45, 2.75) is 25.2 Å². The molecule has 0 aromatic heterocycles. The van der Waals surface area contributed by atoms with E-state index >= 15 is 0 Å². The molecule has 0 bridgehead atoms. The van der Waals surface area contributed by atoms with E-state index in [9.17, 15) is 9.59 Å². The lowest BCUT2D eigenvalue weighted by Crippen LogP contribution is -2.45. The Morgan fingerprint density at radius 1 is 0.960 bits per heavy atom. The summed E-state index contributed by atoms with van der Waals surface area (Å²) in [4.78, 5) is 23.5. The molecule has 0 saturated heterocycles. The van der Waals surface area contributed by atoms with Crippen LogP contribution in [-0.2, 0) is 16.0 Å². The van der Waals surface area contributed by atoms with Gasteiger partial charge in [-0.1, -0.05) is 60.7 Å². The normalized spacial score (nSPS) is 20.3. The predicted molar refractivity (Wildman–Crippen MR) is 96.2 cm³/mol. The molecule has 1 amide bonds. The number of amides is 1. The van der Waals surface area contributed by atoms with Gasteiger partial charge >= 0.3 is 5.97 Å². The average Bonchev–Trinajstić information content (AvgIpc) is 2.58. The van der Waals surface area contributed by atoms with Gasteiger partial charge in [-0.05, 0) is 30.4 Å². The van der Waals surface area contributed by atoms with Crippen LogP contribution in [0, 0.1) is 11.8 Å². The summed E-state index contributed by atoms with van der Waals surface area (Å²) in [5, 5.41) is 12.1. The second-order valence-corrected chi connectivity index (χ2v) is 6.67. The summed E-state index contributed by atoms with van der Waals surface area (Å²) in [6.45, 7) is 0.514. The van der Waals surface area contributed by atoms with Gasteiger partial charge in [-0.25, -0.2) is 0 Å². The molecule has 1 saturated carbocycles. The van der Waals surface area contributed by atoms with Crippen molar-refractivity contribution in [1.29, 1.82) is 0 Å². The number of rotatable bonds is 7. The van der Waals surface area contributed by atoms with Crippen molar-refractivity contribution in [2.75, 3.05) is 6.54 Å². The van der Waals surface area contributed by atoms with Crippen molar-refractivity contribution in [3.63, 3.8) is 0 Å². The molecule has 0 spiro atoms. The molecular weight excluding hydrogens is 314 g/mol. The van der Waals surface area contributed by atoms with E-state index in [0.717, 1.165) is 6.42 Å². The Hall–Kier alpha value is -2.62.